The van der Waals surface area contributed by atoms with E-state index in [2.05, 4.69) is 16.0 Å². The number of benzene rings is 1. The molecule has 0 saturated carbocycles. The van der Waals surface area contributed by atoms with Crippen LogP contribution in [0.4, 0.5) is 0 Å². The minimum absolute atomic E-state index is 0.175. The predicted molar refractivity (Wildman–Crippen MR) is 126 cm³/mol. The molecule has 11 heteroatoms. The molecule has 3 amide bonds. The van der Waals surface area contributed by atoms with Crippen LogP contribution in [-0.4, -0.2) is 76.7 Å². The second-order valence-corrected chi connectivity index (χ2v) is 8.94. The smallest absolute Gasteiger partial charge is 0.328 e. The molecule has 184 valence electrons. The highest BCUT2D eigenvalue weighted by molar-refractivity contribution is 7.98. The normalized spacial score (nSPS) is 14.6. The van der Waals surface area contributed by atoms with Crippen molar-refractivity contribution in [3.63, 3.8) is 0 Å². The van der Waals surface area contributed by atoms with Crippen LogP contribution in [0.5, 0.6) is 0 Å². The summed E-state index contributed by atoms with van der Waals surface area (Å²) in [7, 11) is 0. The van der Waals surface area contributed by atoms with Gasteiger partial charge >= 0.3 is 5.97 Å². The number of aliphatic carboxylic acids is 1. The van der Waals surface area contributed by atoms with Gasteiger partial charge in [-0.15, -0.1) is 0 Å². The first-order chi connectivity index (χ1) is 15.6. The van der Waals surface area contributed by atoms with Crippen molar-refractivity contribution in [1.29, 1.82) is 0 Å². The lowest BCUT2D eigenvalue weighted by Crippen LogP contribution is -2.59. The minimum atomic E-state index is -1.50. The summed E-state index contributed by atoms with van der Waals surface area (Å²) in [6, 6.07) is 4.71. The SMILES string of the molecule is CSCCC(N)C(=O)NC(Cc1ccccc1)C(=O)NC(C(=O)NC(CO)C(=O)O)C(C)C. The van der Waals surface area contributed by atoms with Gasteiger partial charge < -0.3 is 31.9 Å². The van der Waals surface area contributed by atoms with E-state index in [0.29, 0.717) is 12.2 Å². The van der Waals surface area contributed by atoms with E-state index in [-0.39, 0.29) is 12.3 Å². The van der Waals surface area contributed by atoms with Crippen LogP contribution >= 0.6 is 11.8 Å². The number of carbonyl (C=O) groups excluding carboxylic acids is 3. The number of nitrogens with one attached hydrogen (secondary N) is 3. The summed E-state index contributed by atoms with van der Waals surface area (Å²) in [5, 5.41) is 25.7. The fourth-order valence-corrected chi connectivity index (χ4v) is 3.44. The molecule has 1 aromatic rings. The maximum absolute atomic E-state index is 13.1. The van der Waals surface area contributed by atoms with E-state index in [1.165, 1.54) is 0 Å². The number of amides is 3. The molecule has 0 aliphatic rings. The van der Waals surface area contributed by atoms with Crippen molar-refractivity contribution < 1.29 is 29.4 Å². The van der Waals surface area contributed by atoms with Gasteiger partial charge in [-0.25, -0.2) is 4.79 Å². The highest BCUT2D eigenvalue weighted by Crippen LogP contribution is 2.08. The van der Waals surface area contributed by atoms with E-state index in [9.17, 15) is 19.2 Å². The highest BCUT2D eigenvalue weighted by Gasteiger charge is 2.31. The first-order valence-corrected chi connectivity index (χ1v) is 12.0. The molecule has 0 fully saturated rings. The average molecular weight is 483 g/mol. The van der Waals surface area contributed by atoms with Crippen LogP contribution in [0.15, 0.2) is 30.3 Å². The largest absolute Gasteiger partial charge is 0.480 e. The van der Waals surface area contributed by atoms with Gasteiger partial charge in [0.15, 0.2) is 0 Å². The van der Waals surface area contributed by atoms with Crippen molar-refractivity contribution in [2.45, 2.75) is 50.9 Å². The van der Waals surface area contributed by atoms with Gasteiger partial charge in [-0.3, -0.25) is 14.4 Å². The summed E-state index contributed by atoms with van der Waals surface area (Å²) in [6.07, 6.45) is 2.52. The molecule has 33 heavy (non-hydrogen) atoms. The summed E-state index contributed by atoms with van der Waals surface area (Å²) < 4.78 is 0. The van der Waals surface area contributed by atoms with Gasteiger partial charge in [0.05, 0.1) is 12.6 Å². The molecule has 7 N–H and O–H groups in total. The Balaban J connectivity index is 3.01. The van der Waals surface area contributed by atoms with Gasteiger partial charge in [-0.05, 0) is 29.9 Å². The third-order valence-corrected chi connectivity index (χ3v) is 5.57. The van der Waals surface area contributed by atoms with E-state index >= 15 is 0 Å². The van der Waals surface area contributed by atoms with E-state index in [0.717, 1.165) is 5.56 Å². The Morgan fingerprint density at radius 3 is 2.09 bits per heavy atom. The number of nitrogens with two attached hydrogens (primary N) is 1. The Hall–Kier alpha value is -2.63. The van der Waals surface area contributed by atoms with Gasteiger partial charge in [0, 0.05) is 6.42 Å². The molecule has 10 nitrogen and oxygen atoms in total. The summed E-state index contributed by atoms with van der Waals surface area (Å²) in [5.74, 6) is -2.92. The summed E-state index contributed by atoms with van der Waals surface area (Å²) in [4.78, 5) is 49.4. The van der Waals surface area contributed by atoms with Crippen molar-refractivity contribution in [3.05, 3.63) is 35.9 Å². The zero-order valence-electron chi connectivity index (χ0n) is 19.1. The van der Waals surface area contributed by atoms with Gasteiger partial charge in [-0.2, -0.15) is 11.8 Å². The molecule has 0 aliphatic carbocycles. The number of carboxylic acids is 1. The van der Waals surface area contributed by atoms with Crippen molar-refractivity contribution >= 4 is 35.5 Å². The molecule has 1 aromatic carbocycles. The maximum Gasteiger partial charge on any atom is 0.328 e. The Morgan fingerprint density at radius 1 is 0.970 bits per heavy atom. The molecule has 0 aliphatic heterocycles. The number of carboxylic acid groups (broad SMARTS) is 1. The predicted octanol–water partition coefficient (Wildman–Crippen LogP) is -0.503. The van der Waals surface area contributed by atoms with Crippen LogP contribution in [-0.2, 0) is 25.6 Å². The molecule has 0 spiro atoms. The fourth-order valence-electron chi connectivity index (χ4n) is 2.95. The number of hydrogen-bond donors (Lipinski definition) is 6. The number of carbonyl (C=O) groups is 4. The standard InChI is InChI=1S/C22H34N4O6S/c1-13(2)18(21(30)25-17(12-27)22(31)32)26-20(29)16(11-14-7-5-4-6-8-14)24-19(28)15(23)9-10-33-3/h4-8,13,15-18,27H,9-12,23H2,1-3H3,(H,24,28)(H,25,30)(H,26,29)(H,31,32). The molecule has 0 bridgehead atoms. The van der Waals surface area contributed by atoms with Gasteiger partial charge in [-0.1, -0.05) is 44.2 Å². The number of thioether (sulfide) groups is 1. The quantitative estimate of drug-likeness (QED) is 0.206. The third-order valence-electron chi connectivity index (χ3n) is 4.93. The van der Waals surface area contributed by atoms with Gasteiger partial charge in [0.25, 0.3) is 0 Å². The Morgan fingerprint density at radius 2 is 1.58 bits per heavy atom. The van der Waals surface area contributed by atoms with E-state index in [4.69, 9.17) is 15.9 Å². The lowest BCUT2D eigenvalue weighted by Gasteiger charge is -2.27. The molecule has 4 atom stereocenters. The summed E-state index contributed by atoms with van der Waals surface area (Å²) in [5.41, 5.74) is 6.74. The third kappa shape index (κ3) is 9.80. The molecule has 0 aromatic heterocycles. The molecular weight excluding hydrogens is 448 g/mol. The maximum atomic E-state index is 13.1. The van der Waals surface area contributed by atoms with Gasteiger partial charge in [0.2, 0.25) is 17.7 Å². The monoisotopic (exact) mass is 482 g/mol. The van der Waals surface area contributed by atoms with Crippen molar-refractivity contribution in [1.82, 2.24) is 16.0 Å². The topological polar surface area (TPSA) is 171 Å². The molecule has 4 unspecified atom stereocenters. The molecule has 0 saturated heterocycles. The number of aliphatic hydroxyl groups excluding tert-OH is 1. The second kappa shape index (κ2) is 14.5. The van der Waals surface area contributed by atoms with Crippen molar-refractivity contribution in [3.8, 4) is 0 Å². The summed E-state index contributed by atoms with van der Waals surface area (Å²) >= 11 is 1.56. The average Bonchev–Trinajstić information content (AvgIpc) is 2.78. The van der Waals surface area contributed by atoms with Crippen LogP contribution in [0, 0.1) is 5.92 Å². The van der Waals surface area contributed by atoms with Crippen LogP contribution in [0.1, 0.15) is 25.8 Å². The zero-order chi connectivity index (χ0) is 25.0. The van der Waals surface area contributed by atoms with Crippen LogP contribution in [0.3, 0.4) is 0 Å². The van der Waals surface area contributed by atoms with E-state index < -0.39 is 54.5 Å². The Labute approximate surface area is 198 Å². The van der Waals surface area contributed by atoms with Crippen LogP contribution in [0.2, 0.25) is 0 Å². The Bertz CT molecular complexity index is 792. The molecule has 1 rings (SSSR count). The molecule has 0 radical (unpaired) electrons. The number of aliphatic hydroxyl groups is 1. The van der Waals surface area contributed by atoms with Crippen molar-refractivity contribution in [2.24, 2.45) is 11.7 Å². The lowest BCUT2D eigenvalue weighted by atomic mass is 10.0. The summed E-state index contributed by atoms with van der Waals surface area (Å²) in [6.45, 7) is 2.57. The Kier molecular flexibility index (Phi) is 12.5. The first-order valence-electron chi connectivity index (χ1n) is 10.6. The molecular formula is C22H34N4O6S. The van der Waals surface area contributed by atoms with Crippen LogP contribution < -0.4 is 21.7 Å². The number of rotatable bonds is 14. The number of hydrogen-bond acceptors (Lipinski definition) is 7. The highest BCUT2D eigenvalue weighted by atomic mass is 32.2. The minimum Gasteiger partial charge on any atom is -0.480 e. The fraction of sp³-hybridized carbons (Fsp3) is 0.545. The zero-order valence-corrected chi connectivity index (χ0v) is 19.9. The van der Waals surface area contributed by atoms with Crippen molar-refractivity contribution in [2.75, 3.05) is 18.6 Å². The first kappa shape index (κ1) is 28.4. The van der Waals surface area contributed by atoms with Gasteiger partial charge in [0.1, 0.15) is 18.1 Å². The van der Waals surface area contributed by atoms with Crippen LogP contribution in [0.25, 0.3) is 0 Å². The van der Waals surface area contributed by atoms with E-state index in [1.54, 1.807) is 25.6 Å². The molecule has 0 heterocycles. The second-order valence-electron chi connectivity index (χ2n) is 7.95. The lowest BCUT2D eigenvalue weighted by molar-refractivity contribution is -0.143. The van der Waals surface area contributed by atoms with E-state index in [1.807, 2.05) is 36.6 Å².